The van der Waals surface area contributed by atoms with Gasteiger partial charge in [0.25, 0.3) is 0 Å². The Labute approximate surface area is 222 Å². The zero-order valence-corrected chi connectivity index (χ0v) is 22.6. The van der Waals surface area contributed by atoms with Gasteiger partial charge in [-0.05, 0) is 111 Å². The summed E-state index contributed by atoms with van der Waals surface area (Å²) < 4.78 is 47.7. The van der Waals surface area contributed by atoms with Gasteiger partial charge in [0, 0.05) is 11.6 Å². The predicted molar refractivity (Wildman–Crippen MR) is 147 cm³/mol. The number of aryl methyl sites for hydroxylation is 1. The lowest BCUT2D eigenvalue weighted by molar-refractivity contribution is 0.140. The van der Waals surface area contributed by atoms with Crippen molar-refractivity contribution in [1.29, 1.82) is 0 Å². The van der Waals surface area contributed by atoms with E-state index in [2.05, 4.69) is 6.92 Å². The minimum atomic E-state index is -0.383. The highest BCUT2D eigenvalue weighted by Gasteiger charge is 2.30. The summed E-state index contributed by atoms with van der Waals surface area (Å²) in [5, 5.41) is 0. The topological polar surface area (TPSA) is 9.23 Å². The summed E-state index contributed by atoms with van der Waals surface area (Å²) >= 11 is 0. The molecule has 2 aromatic carbocycles. The Balaban J connectivity index is 1.23. The molecule has 1 nitrogen and oxygen atoms in total. The molecule has 0 radical (unpaired) electrons. The van der Waals surface area contributed by atoms with Crippen LogP contribution in [0.2, 0.25) is 0 Å². The third-order valence-corrected chi connectivity index (χ3v) is 9.09. The average molecular weight is 515 g/mol. The lowest BCUT2D eigenvalue weighted by Crippen LogP contribution is -2.26. The second kappa shape index (κ2) is 14.3. The van der Waals surface area contributed by atoms with Crippen molar-refractivity contribution in [1.82, 2.24) is 0 Å². The third-order valence-electron chi connectivity index (χ3n) is 9.09. The third kappa shape index (κ3) is 8.01. The molecule has 0 aromatic heterocycles. The van der Waals surface area contributed by atoms with Crippen LogP contribution in [-0.4, -0.2) is 13.3 Å². The van der Waals surface area contributed by atoms with Gasteiger partial charge in [0.15, 0.2) is 0 Å². The Morgan fingerprint density at radius 2 is 1.43 bits per heavy atom. The van der Waals surface area contributed by atoms with Crippen LogP contribution >= 0.6 is 0 Å². The van der Waals surface area contributed by atoms with Crippen LogP contribution in [0.4, 0.5) is 13.2 Å². The van der Waals surface area contributed by atoms with Crippen molar-refractivity contribution in [3.8, 4) is 16.9 Å². The van der Waals surface area contributed by atoms with Gasteiger partial charge >= 0.3 is 0 Å². The molecular weight excluding hydrogens is 469 g/mol. The smallest absolute Gasteiger partial charge is 0.134 e. The standard InChI is InChI=1S/C33H45F3O/c1-2-3-21-37-30-18-19-31(33(36)23-30)29-17-16-28(32(35)22-29)15-10-25-8-13-27(14-9-25)26-11-6-24(7-12-26)5-4-20-34/h16-19,22-27H,2-15,20-21H2,1H3/t24-,25-,26-,27-. The van der Waals surface area contributed by atoms with Crippen molar-refractivity contribution in [3.63, 3.8) is 0 Å². The molecular formula is C33H45F3O. The highest BCUT2D eigenvalue weighted by atomic mass is 19.1. The summed E-state index contributed by atoms with van der Waals surface area (Å²) in [6.07, 6.45) is 15.9. The molecule has 37 heavy (non-hydrogen) atoms. The molecule has 2 aromatic rings. The second-order valence-electron chi connectivity index (χ2n) is 11.6. The first-order valence-corrected chi connectivity index (χ1v) is 14.8. The van der Waals surface area contributed by atoms with Crippen LogP contribution in [0.5, 0.6) is 5.75 Å². The van der Waals surface area contributed by atoms with Gasteiger partial charge in [-0.3, -0.25) is 4.39 Å². The van der Waals surface area contributed by atoms with Crippen LogP contribution in [0.3, 0.4) is 0 Å². The van der Waals surface area contributed by atoms with Crippen LogP contribution in [0.1, 0.15) is 96.0 Å². The number of unbranched alkanes of at least 4 members (excludes halogenated alkanes) is 1. The minimum Gasteiger partial charge on any atom is -0.493 e. The SMILES string of the molecule is CCCCOc1ccc(-c2ccc(CC[C@H]3CC[C@H]([C@H]4CC[C@H](CCCF)CC4)CC3)c(F)c2)c(F)c1. The van der Waals surface area contributed by atoms with Crippen molar-refractivity contribution in [2.45, 2.75) is 96.8 Å². The quantitative estimate of drug-likeness (QED) is 0.256. The van der Waals surface area contributed by atoms with Crippen LogP contribution in [0, 0.1) is 35.3 Å². The number of ether oxygens (including phenoxy) is 1. The van der Waals surface area contributed by atoms with Crippen molar-refractivity contribution in [3.05, 3.63) is 53.6 Å². The monoisotopic (exact) mass is 514 g/mol. The molecule has 0 aliphatic heterocycles. The molecule has 0 unspecified atom stereocenters. The van der Waals surface area contributed by atoms with Crippen LogP contribution in [0.15, 0.2) is 36.4 Å². The Bertz CT molecular complexity index is 958. The van der Waals surface area contributed by atoms with Crippen molar-refractivity contribution in [2.24, 2.45) is 23.7 Å². The van der Waals surface area contributed by atoms with E-state index in [1.807, 2.05) is 12.1 Å². The first kappa shape index (κ1) is 28.0. The fourth-order valence-electron chi connectivity index (χ4n) is 6.69. The second-order valence-corrected chi connectivity index (χ2v) is 11.6. The van der Waals surface area contributed by atoms with E-state index in [0.29, 0.717) is 29.4 Å². The number of rotatable bonds is 12. The van der Waals surface area contributed by atoms with E-state index in [-0.39, 0.29) is 18.3 Å². The average Bonchev–Trinajstić information content (AvgIpc) is 2.92. The normalized spacial score (nSPS) is 24.2. The molecule has 0 heterocycles. The highest BCUT2D eigenvalue weighted by Crippen LogP contribution is 2.43. The van der Waals surface area contributed by atoms with Crippen LogP contribution in [0.25, 0.3) is 11.1 Å². The molecule has 204 valence electrons. The molecule has 4 heteroatoms. The first-order chi connectivity index (χ1) is 18.1. The molecule has 2 saturated carbocycles. The van der Waals surface area contributed by atoms with Gasteiger partial charge in [0.2, 0.25) is 0 Å². The molecule has 0 N–H and O–H groups in total. The molecule has 0 atom stereocenters. The fourth-order valence-corrected chi connectivity index (χ4v) is 6.69. The number of halogens is 3. The Kier molecular flexibility index (Phi) is 10.8. The van der Waals surface area contributed by atoms with Gasteiger partial charge in [-0.25, -0.2) is 8.78 Å². The highest BCUT2D eigenvalue weighted by molar-refractivity contribution is 5.65. The molecule has 4 rings (SSSR count). The summed E-state index contributed by atoms with van der Waals surface area (Å²) in [6.45, 7) is 2.49. The zero-order valence-electron chi connectivity index (χ0n) is 22.6. The Hall–Kier alpha value is -1.97. The molecule has 0 saturated heterocycles. The Morgan fingerprint density at radius 1 is 0.757 bits per heavy atom. The van der Waals surface area contributed by atoms with Gasteiger partial charge in [-0.15, -0.1) is 0 Å². The number of benzene rings is 2. The molecule has 0 amide bonds. The lowest BCUT2D eigenvalue weighted by atomic mass is 9.68. The summed E-state index contributed by atoms with van der Waals surface area (Å²) in [7, 11) is 0. The summed E-state index contributed by atoms with van der Waals surface area (Å²) in [4.78, 5) is 0. The molecule has 2 fully saturated rings. The maximum Gasteiger partial charge on any atom is 0.134 e. The van der Waals surface area contributed by atoms with Gasteiger partial charge in [-0.2, -0.15) is 0 Å². The Morgan fingerprint density at radius 3 is 2.03 bits per heavy atom. The molecule has 2 aliphatic carbocycles. The van der Waals surface area contributed by atoms with Crippen molar-refractivity contribution < 1.29 is 17.9 Å². The van der Waals surface area contributed by atoms with Crippen LogP contribution in [-0.2, 0) is 6.42 Å². The van der Waals surface area contributed by atoms with Gasteiger partial charge in [0.05, 0.1) is 13.3 Å². The van der Waals surface area contributed by atoms with Crippen molar-refractivity contribution in [2.75, 3.05) is 13.3 Å². The van der Waals surface area contributed by atoms with E-state index in [4.69, 9.17) is 4.74 Å². The number of hydrogen-bond donors (Lipinski definition) is 0. The minimum absolute atomic E-state index is 0.167. The van der Waals surface area contributed by atoms with E-state index >= 15 is 0 Å². The molecule has 2 aliphatic rings. The van der Waals surface area contributed by atoms with Gasteiger partial charge in [0.1, 0.15) is 17.4 Å². The van der Waals surface area contributed by atoms with E-state index < -0.39 is 0 Å². The van der Waals surface area contributed by atoms with Gasteiger partial charge in [-0.1, -0.05) is 51.2 Å². The maximum absolute atomic E-state index is 15.0. The summed E-state index contributed by atoms with van der Waals surface area (Å²) in [6, 6.07) is 9.99. The van der Waals surface area contributed by atoms with Gasteiger partial charge < -0.3 is 4.74 Å². The summed E-state index contributed by atoms with van der Waals surface area (Å²) in [5.74, 6) is 3.05. The molecule has 0 spiro atoms. The van der Waals surface area contributed by atoms with E-state index in [0.717, 1.165) is 61.8 Å². The maximum atomic E-state index is 15.0. The van der Waals surface area contributed by atoms with Crippen molar-refractivity contribution >= 4 is 0 Å². The van der Waals surface area contributed by atoms with E-state index in [1.54, 1.807) is 12.1 Å². The summed E-state index contributed by atoms with van der Waals surface area (Å²) in [5.41, 5.74) is 1.71. The van der Waals surface area contributed by atoms with Crippen LogP contribution < -0.4 is 4.74 Å². The number of hydrogen-bond acceptors (Lipinski definition) is 1. The van der Waals surface area contributed by atoms with E-state index in [9.17, 15) is 13.2 Å². The predicted octanol–water partition coefficient (Wildman–Crippen LogP) is 10.1. The fraction of sp³-hybridized carbons (Fsp3) is 0.636. The molecule has 0 bridgehead atoms. The largest absolute Gasteiger partial charge is 0.493 e. The zero-order chi connectivity index (χ0) is 26.0. The van der Waals surface area contributed by atoms with E-state index in [1.165, 1.54) is 63.5 Å². The lowest BCUT2D eigenvalue weighted by Gasteiger charge is -2.38. The first-order valence-electron chi connectivity index (χ1n) is 14.8. The number of alkyl halides is 1.